The van der Waals surface area contributed by atoms with Crippen molar-refractivity contribution in [3.63, 3.8) is 0 Å². The van der Waals surface area contributed by atoms with Gasteiger partial charge in [0, 0.05) is 31.2 Å². The van der Waals surface area contributed by atoms with Crippen molar-refractivity contribution >= 4 is 29.4 Å². The SMILES string of the molecule is CCC(CC)CNC(=O)Cn1cccc(NC(=O)C(CCC=CC(=O)OC)NC(=O)c2cccnc2)c1=O. The molecule has 1 atom stereocenters. The van der Waals surface area contributed by atoms with Crippen molar-refractivity contribution in [1.29, 1.82) is 0 Å². The van der Waals surface area contributed by atoms with E-state index >= 15 is 0 Å². The Morgan fingerprint density at radius 2 is 1.89 bits per heavy atom. The number of rotatable bonds is 14. The number of amides is 3. The molecule has 2 aromatic rings. The maximum absolute atomic E-state index is 13.1. The zero-order valence-corrected chi connectivity index (χ0v) is 21.9. The lowest BCUT2D eigenvalue weighted by Crippen LogP contribution is -2.44. The van der Waals surface area contributed by atoms with E-state index in [1.54, 1.807) is 18.2 Å². The number of esters is 1. The van der Waals surface area contributed by atoms with E-state index in [2.05, 4.69) is 39.5 Å². The van der Waals surface area contributed by atoms with Crippen molar-refractivity contribution in [2.75, 3.05) is 19.0 Å². The third-order valence-electron chi connectivity index (χ3n) is 5.96. The first-order valence-corrected chi connectivity index (χ1v) is 12.5. The predicted molar refractivity (Wildman–Crippen MR) is 142 cm³/mol. The van der Waals surface area contributed by atoms with Gasteiger partial charge in [-0.1, -0.05) is 32.8 Å². The summed E-state index contributed by atoms with van der Waals surface area (Å²) in [6.07, 6.45) is 9.40. The zero-order chi connectivity index (χ0) is 27.9. The van der Waals surface area contributed by atoms with Gasteiger partial charge in [0.1, 0.15) is 18.3 Å². The Labute approximate surface area is 221 Å². The summed E-state index contributed by atoms with van der Waals surface area (Å²) in [5, 5.41) is 8.04. The van der Waals surface area contributed by atoms with Gasteiger partial charge in [0.25, 0.3) is 11.5 Å². The van der Waals surface area contributed by atoms with Crippen molar-refractivity contribution in [3.05, 3.63) is 70.9 Å². The molecule has 2 heterocycles. The first kappa shape index (κ1) is 29.9. The minimum absolute atomic E-state index is 0.0315. The number of carbonyl (C=O) groups is 4. The molecule has 0 aliphatic carbocycles. The molecule has 11 nitrogen and oxygen atoms in total. The summed E-state index contributed by atoms with van der Waals surface area (Å²) >= 11 is 0. The second-order valence-electron chi connectivity index (χ2n) is 8.60. The summed E-state index contributed by atoms with van der Waals surface area (Å²) < 4.78 is 5.76. The van der Waals surface area contributed by atoms with Crippen LogP contribution in [0, 0.1) is 5.92 Å². The molecule has 0 fully saturated rings. The van der Waals surface area contributed by atoms with Gasteiger partial charge in [-0.15, -0.1) is 0 Å². The van der Waals surface area contributed by atoms with E-state index < -0.39 is 29.4 Å². The van der Waals surface area contributed by atoms with Crippen LogP contribution >= 0.6 is 0 Å². The molecule has 0 aliphatic heterocycles. The van der Waals surface area contributed by atoms with Gasteiger partial charge in [-0.05, 0) is 43.0 Å². The van der Waals surface area contributed by atoms with Gasteiger partial charge in [0.2, 0.25) is 11.8 Å². The molecule has 0 aliphatic rings. The topological polar surface area (TPSA) is 148 Å². The summed E-state index contributed by atoms with van der Waals surface area (Å²) in [6, 6.07) is 5.10. The van der Waals surface area contributed by atoms with Crippen LogP contribution in [0.15, 0.2) is 59.8 Å². The highest BCUT2D eigenvalue weighted by molar-refractivity contribution is 6.01. The molecule has 0 spiro atoms. The number of nitrogens with one attached hydrogen (secondary N) is 3. The normalized spacial score (nSPS) is 11.7. The van der Waals surface area contributed by atoms with Crippen molar-refractivity contribution in [2.24, 2.45) is 5.92 Å². The van der Waals surface area contributed by atoms with Crippen LogP contribution in [0.25, 0.3) is 0 Å². The van der Waals surface area contributed by atoms with Crippen LogP contribution in [0.2, 0.25) is 0 Å². The van der Waals surface area contributed by atoms with Crippen LogP contribution in [0.4, 0.5) is 5.69 Å². The minimum atomic E-state index is -1.03. The summed E-state index contributed by atoms with van der Waals surface area (Å²) in [5.41, 5.74) is -0.325. The molecule has 0 saturated carbocycles. The van der Waals surface area contributed by atoms with Crippen LogP contribution in [0.1, 0.15) is 49.9 Å². The van der Waals surface area contributed by atoms with E-state index in [0.29, 0.717) is 12.5 Å². The van der Waals surface area contributed by atoms with E-state index in [1.807, 2.05) is 0 Å². The van der Waals surface area contributed by atoms with Crippen molar-refractivity contribution in [2.45, 2.75) is 52.1 Å². The highest BCUT2D eigenvalue weighted by atomic mass is 16.5. The summed E-state index contributed by atoms with van der Waals surface area (Å²) in [6.45, 7) is 4.44. The molecule has 3 amide bonds. The fourth-order valence-corrected chi connectivity index (χ4v) is 3.54. The molecular weight excluding hydrogens is 490 g/mol. The van der Waals surface area contributed by atoms with Crippen LogP contribution in [0.3, 0.4) is 0 Å². The Hall–Kier alpha value is -4.28. The molecule has 0 aromatic carbocycles. The minimum Gasteiger partial charge on any atom is -0.466 e. The second-order valence-corrected chi connectivity index (χ2v) is 8.60. The number of hydrogen-bond acceptors (Lipinski definition) is 7. The van der Waals surface area contributed by atoms with Crippen LogP contribution < -0.4 is 21.5 Å². The maximum atomic E-state index is 13.1. The van der Waals surface area contributed by atoms with Crippen molar-refractivity contribution in [3.8, 4) is 0 Å². The van der Waals surface area contributed by atoms with E-state index in [9.17, 15) is 24.0 Å². The summed E-state index contributed by atoms with van der Waals surface area (Å²) in [7, 11) is 1.25. The molecule has 11 heteroatoms. The fourth-order valence-electron chi connectivity index (χ4n) is 3.54. The molecule has 1 unspecified atom stereocenters. The number of ether oxygens (including phenoxy) is 1. The van der Waals surface area contributed by atoms with Gasteiger partial charge in [-0.3, -0.25) is 24.2 Å². The van der Waals surface area contributed by atoms with Gasteiger partial charge in [-0.25, -0.2) is 4.79 Å². The zero-order valence-electron chi connectivity index (χ0n) is 21.9. The summed E-state index contributed by atoms with van der Waals surface area (Å²) in [5.74, 6) is -1.63. The van der Waals surface area contributed by atoms with Gasteiger partial charge in [0.15, 0.2) is 0 Å². The molecule has 0 saturated heterocycles. The average Bonchev–Trinajstić information content (AvgIpc) is 2.93. The maximum Gasteiger partial charge on any atom is 0.330 e. The van der Waals surface area contributed by atoms with Gasteiger partial charge >= 0.3 is 5.97 Å². The third kappa shape index (κ3) is 9.64. The standard InChI is InChI=1S/C27H35N5O6/c1-4-19(5-2)16-29-23(33)18-32-15-9-12-22(27(32)37)31-26(36)21(11-6-7-13-24(34)38-3)30-25(35)20-10-8-14-28-17-20/h7-10,12-15,17,19,21H,4-6,11,16,18H2,1-3H3,(H,29,33)(H,30,35)(H,31,36). The molecule has 0 bridgehead atoms. The predicted octanol–water partition coefficient (Wildman–Crippen LogP) is 2.04. The number of methoxy groups -OCH3 is 1. The number of pyridine rings is 2. The molecule has 2 aromatic heterocycles. The number of nitrogens with zero attached hydrogens (tertiary/aromatic N) is 2. The first-order chi connectivity index (χ1) is 18.3. The largest absolute Gasteiger partial charge is 0.466 e. The molecule has 38 heavy (non-hydrogen) atoms. The van der Waals surface area contributed by atoms with Gasteiger partial charge < -0.3 is 25.3 Å². The molecule has 0 radical (unpaired) electrons. The Morgan fingerprint density at radius 1 is 1.13 bits per heavy atom. The van der Waals surface area contributed by atoms with E-state index in [4.69, 9.17) is 0 Å². The van der Waals surface area contributed by atoms with Crippen molar-refractivity contribution < 1.29 is 23.9 Å². The third-order valence-corrected chi connectivity index (χ3v) is 5.96. The smallest absolute Gasteiger partial charge is 0.330 e. The van der Waals surface area contributed by atoms with E-state index in [1.165, 1.54) is 48.5 Å². The summed E-state index contributed by atoms with van der Waals surface area (Å²) in [4.78, 5) is 66.3. The van der Waals surface area contributed by atoms with Crippen LogP contribution in [-0.4, -0.2) is 52.9 Å². The van der Waals surface area contributed by atoms with Crippen LogP contribution in [-0.2, 0) is 25.7 Å². The average molecular weight is 526 g/mol. The van der Waals surface area contributed by atoms with Gasteiger partial charge in [0.05, 0.1) is 12.7 Å². The second kappa shape index (κ2) is 15.7. The lowest BCUT2D eigenvalue weighted by atomic mass is 10.0. The quantitative estimate of drug-likeness (QED) is 0.252. The monoisotopic (exact) mass is 525 g/mol. The fraction of sp³-hybridized carbons (Fsp3) is 0.407. The Bertz CT molecular complexity index is 1170. The Morgan fingerprint density at radius 3 is 2.55 bits per heavy atom. The highest BCUT2D eigenvalue weighted by Crippen LogP contribution is 2.08. The number of hydrogen-bond donors (Lipinski definition) is 3. The van der Waals surface area contributed by atoms with E-state index in [-0.39, 0.29) is 36.5 Å². The Balaban J connectivity index is 2.13. The molecular formula is C27H35N5O6. The molecule has 204 valence electrons. The number of carbonyl (C=O) groups excluding carboxylic acids is 4. The first-order valence-electron chi connectivity index (χ1n) is 12.5. The number of anilines is 1. The highest BCUT2D eigenvalue weighted by Gasteiger charge is 2.22. The van der Waals surface area contributed by atoms with E-state index in [0.717, 1.165) is 12.8 Å². The lowest BCUT2D eigenvalue weighted by molar-refractivity contribution is -0.134. The van der Waals surface area contributed by atoms with Gasteiger partial charge in [-0.2, -0.15) is 0 Å². The molecule has 3 N–H and O–H groups in total. The number of aromatic nitrogens is 2. The van der Waals surface area contributed by atoms with Crippen molar-refractivity contribution in [1.82, 2.24) is 20.2 Å². The molecule has 2 rings (SSSR count). The lowest BCUT2D eigenvalue weighted by Gasteiger charge is -2.18. The van der Waals surface area contributed by atoms with Crippen LogP contribution in [0.5, 0.6) is 0 Å². The number of allylic oxidation sites excluding steroid dienone is 1. The Kier molecular flexibility index (Phi) is 12.4.